The quantitative estimate of drug-likeness (QED) is 0.152. The Morgan fingerprint density at radius 3 is 1.67 bits per heavy atom. The van der Waals surface area contributed by atoms with Crippen LogP contribution >= 0.6 is 0 Å². The molecule has 0 aliphatic carbocycles. The predicted molar refractivity (Wildman–Crippen MR) is 174 cm³/mol. The summed E-state index contributed by atoms with van der Waals surface area (Å²) in [5.41, 5.74) is 2.22. The van der Waals surface area contributed by atoms with Crippen LogP contribution in [0.5, 0.6) is 0 Å². The average molecular weight is 681 g/mol. The molecule has 1 aliphatic rings. The molecular formula is C30H40N4O10S2. The van der Waals surface area contributed by atoms with Gasteiger partial charge in [0.1, 0.15) is 11.7 Å². The summed E-state index contributed by atoms with van der Waals surface area (Å²) in [6.07, 6.45) is 1.35. The molecule has 3 N–H and O–H groups in total. The van der Waals surface area contributed by atoms with Gasteiger partial charge in [0.25, 0.3) is 31.8 Å². The van der Waals surface area contributed by atoms with Crippen LogP contribution in [0.4, 0.5) is 5.69 Å². The van der Waals surface area contributed by atoms with Crippen molar-refractivity contribution in [2.24, 2.45) is 0 Å². The molecule has 3 aromatic rings. The highest BCUT2D eigenvalue weighted by Gasteiger charge is 2.21. The van der Waals surface area contributed by atoms with E-state index in [0.717, 1.165) is 43.9 Å². The van der Waals surface area contributed by atoms with Crippen LogP contribution in [-0.4, -0.2) is 112 Å². The van der Waals surface area contributed by atoms with Crippen molar-refractivity contribution in [2.75, 3.05) is 64.9 Å². The summed E-state index contributed by atoms with van der Waals surface area (Å²) in [6.45, 7) is 6.33. The monoisotopic (exact) mass is 680 g/mol. The normalized spacial score (nSPS) is 13.9. The number of nitro benzene ring substituents is 1. The summed E-state index contributed by atoms with van der Waals surface area (Å²) in [5.74, 6) is -0.413. The molecule has 16 heteroatoms. The van der Waals surface area contributed by atoms with E-state index in [1.807, 2.05) is 36.4 Å². The number of amides is 1. The van der Waals surface area contributed by atoms with Gasteiger partial charge in [0.05, 0.1) is 24.0 Å². The minimum atomic E-state index is -3.67. The molecule has 0 saturated carbocycles. The Bertz CT molecular complexity index is 1500. The van der Waals surface area contributed by atoms with Crippen molar-refractivity contribution >= 4 is 31.8 Å². The Labute approximate surface area is 269 Å². The van der Waals surface area contributed by atoms with Gasteiger partial charge in [0, 0.05) is 51.9 Å². The number of nitro groups is 1. The van der Waals surface area contributed by atoms with Gasteiger partial charge < -0.3 is 10.1 Å². The number of hydrogen-bond acceptors (Lipinski definition) is 10. The number of ether oxygens (including phenoxy) is 1. The Morgan fingerprint density at radius 2 is 1.22 bits per heavy atom. The number of carbonyl (C=O) groups is 1. The Hall–Kier alpha value is -3.77. The van der Waals surface area contributed by atoms with E-state index in [9.17, 15) is 31.7 Å². The maximum absolute atomic E-state index is 12.4. The third kappa shape index (κ3) is 16.5. The number of piperazine rings is 1. The number of carbonyl (C=O) groups excluding carboxylic acids is 1. The Balaban J connectivity index is 0.000000642. The van der Waals surface area contributed by atoms with E-state index in [1.165, 1.54) is 12.1 Å². The van der Waals surface area contributed by atoms with Crippen LogP contribution in [0.25, 0.3) is 0 Å². The lowest BCUT2D eigenvalue weighted by Gasteiger charge is -2.34. The van der Waals surface area contributed by atoms with Gasteiger partial charge in [-0.1, -0.05) is 72.8 Å². The molecular weight excluding hydrogens is 640 g/mol. The van der Waals surface area contributed by atoms with Crippen LogP contribution < -0.4 is 5.32 Å². The molecule has 3 aromatic carbocycles. The second kappa shape index (κ2) is 19.0. The molecule has 0 atom stereocenters. The molecule has 1 aliphatic heterocycles. The van der Waals surface area contributed by atoms with E-state index in [0.29, 0.717) is 32.2 Å². The van der Waals surface area contributed by atoms with Crippen molar-refractivity contribution in [3.8, 4) is 0 Å². The first-order valence-electron chi connectivity index (χ1n) is 14.1. The van der Waals surface area contributed by atoms with Gasteiger partial charge >= 0.3 is 0 Å². The molecule has 0 radical (unpaired) electrons. The minimum absolute atomic E-state index is 0.0854. The fraction of sp³-hybridized carbons (Fsp3) is 0.367. The first-order chi connectivity index (χ1) is 21.6. The summed E-state index contributed by atoms with van der Waals surface area (Å²) >= 11 is 0. The lowest BCUT2D eigenvalue weighted by molar-refractivity contribution is -0.385. The Kier molecular flexibility index (Phi) is 15.9. The van der Waals surface area contributed by atoms with Crippen molar-refractivity contribution in [3.05, 3.63) is 112 Å². The average Bonchev–Trinajstić information content (AvgIpc) is 2.99. The summed E-state index contributed by atoms with van der Waals surface area (Å²) in [4.78, 5) is 27.7. The van der Waals surface area contributed by atoms with Crippen LogP contribution in [0, 0.1) is 10.1 Å². The molecule has 252 valence electrons. The third-order valence-electron chi connectivity index (χ3n) is 6.42. The second-order valence-corrected chi connectivity index (χ2v) is 13.2. The number of rotatable bonds is 11. The molecule has 0 unspecified atom stereocenters. The van der Waals surface area contributed by atoms with Crippen molar-refractivity contribution in [1.29, 1.82) is 0 Å². The first kappa shape index (κ1) is 38.4. The third-order valence-corrected chi connectivity index (χ3v) is 6.42. The first-order valence-corrected chi connectivity index (χ1v) is 17.8. The van der Waals surface area contributed by atoms with Crippen molar-refractivity contribution in [2.45, 2.75) is 6.10 Å². The smallest absolute Gasteiger partial charge is 0.282 e. The molecule has 4 rings (SSSR count). The molecule has 14 nitrogen and oxygen atoms in total. The second-order valence-electron chi connectivity index (χ2n) is 10.3. The van der Waals surface area contributed by atoms with Gasteiger partial charge in [0.2, 0.25) is 0 Å². The van der Waals surface area contributed by atoms with E-state index in [2.05, 4.69) is 39.4 Å². The van der Waals surface area contributed by atoms with Gasteiger partial charge in [-0.3, -0.25) is 33.8 Å². The van der Waals surface area contributed by atoms with E-state index < -0.39 is 31.1 Å². The summed E-state index contributed by atoms with van der Waals surface area (Å²) in [6, 6.07) is 26.6. The van der Waals surface area contributed by atoms with Crippen LogP contribution in [0.3, 0.4) is 0 Å². The molecule has 0 spiro atoms. The number of hydrogen-bond donors (Lipinski definition) is 3. The number of nitrogens with zero attached hydrogens (tertiary/aromatic N) is 3. The van der Waals surface area contributed by atoms with Crippen LogP contribution in [0.15, 0.2) is 84.9 Å². The number of benzene rings is 3. The molecule has 1 saturated heterocycles. The van der Waals surface area contributed by atoms with E-state index in [-0.39, 0.29) is 17.4 Å². The van der Waals surface area contributed by atoms with E-state index in [4.69, 9.17) is 13.8 Å². The summed E-state index contributed by atoms with van der Waals surface area (Å²) in [7, 11) is -7.33. The standard InChI is InChI=1S/C28H32N4O4.2CH4O3S/c33-28(25-13-7-8-14-26(25)32(34)35)29-15-16-30-17-19-31(20-18-30)21-22-36-27(23-9-3-1-4-10-23)24-11-5-2-6-12-24;2*1-5(2,3)4/h1-14,27H,15-22H2,(H,29,33);2*1H3,(H,2,3,4). The van der Waals surface area contributed by atoms with Gasteiger partial charge in [-0.2, -0.15) is 16.8 Å². The fourth-order valence-electron chi connectivity index (χ4n) is 4.42. The Morgan fingerprint density at radius 1 is 0.804 bits per heavy atom. The molecule has 0 bridgehead atoms. The molecule has 1 amide bonds. The van der Waals surface area contributed by atoms with Gasteiger partial charge in [-0.05, 0) is 17.2 Å². The van der Waals surface area contributed by atoms with E-state index >= 15 is 0 Å². The highest BCUT2D eigenvalue weighted by atomic mass is 32.2. The minimum Gasteiger partial charge on any atom is -0.367 e. The number of nitrogens with one attached hydrogen (secondary N) is 1. The predicted octanol–water partition coefficient (Wildman–Crippen LogP) is 2.76. The summed E-state index contributed by atoms with van der Waals surface area (Å²) in [5, 5.41) is 14.0. The van der Waals surface area contributed by atoms with Crippen LogP contribution in [0.1, 0.15) is 27.6 Å². The molecule has 0 aromatic heterocycles. The zero-order valence-corrected chi connectivity index (χ0v) is 27.3. The SMILES string of the molecule is CS(=O)(=O)O.CS(=O)(=O)O.O=C(NCCN1CCN(CCOC(c2ccccc2)c2ccccc2)CC1)c1ccccc1[N+](=O)[O-]. The van der Waals surface area contributed by atoms with Gasteiger partial charge in [0.15, 0.2) is 0 Å². The lowest BCUT2D eigenvalue weighted by atomic mass is 10.0. The van der Waals surface area contributed by atoms with Crippen LogP contribution in [-0.2, 0) is 25.0 Å². The van der Waals surface area contributed by atoms with Gasteiger partial charge in [-0.25, -0.2) is 0 Å². The largest absolute Gasteiger partial charge is 0.367 e. The topological polar surface area (TPSA) is 197 Å². The number of para-hydroxylation sites is 1. The zero-order valence-electron chi connectivity index (χ0n) is 25.6. The molecule has 1 fully saturated rings. The maximum Gasteiger partial charge on any atom is 0.282 e. The zero-order chi connectivity index (χ0) is 34.2. The van der Waals surface area contributed by atoms with Crippen molar-refractivity contribution in [1.82, 2.24) is 15.1 Å². The lowest BCUT2D eigenvalue weighted by Crippen LogP contribution is -2.49. The van der Waals surface area contributed by atoms with Crippen molar-refractivity contribution < 1.29 is 40.4 Å². The maximum atomic E-state index is 12.4. The highest BCUT2D eigenvalue weighted by Crippen LogP contribution is 2.25. The van der Waals surface area contributed by atoms with E-state index in [1.54, 1.807) is 12.1 Å². The van der Waals surface area contributed by atoms with Gasteiger partial charge in [-0.15, -0.1) is 0 Å². The highest BCUT2D eigenvalue weighted by molar-refractivity contribution is 7.85. The summed E-state index contributed by atoms with van der Waals surface area (Å²) < 4.78 is 58.1. The van der Waals surface area contributed by atoms with Crippen molar-refractivity contribution in [3.63, 3.8) is 0 Å². The fourth-order valence-corrected chi connectivity index (χ4v) is 4.42. The molecule has 1 heterocycles. The van der Waals surface area contributed by atoms with Crippen LogP contribution in [0.2, 0.25) is 0 Å². The molecule has 46 heavy (non-hydrogen) atoms.